The molecule has 0 atom stereocenters. The number of ether oxygens (including phenoxy) is 1. The molecule has 1 aliphatic rings. The molecule has 2 N–H and O–H groups in total. The third kappa shape index (κ3) is 3.81. The van der Waals surface area contributed by atoms with Gasteiger partial charge in [0.25, 0.3) is 0 Å². The molecule has 2 rings (SSSR count). The smallest absolute Gasteiger partial charge is 0.143 e. The van der Waals surface area contributed by atoms with Gasteiger partial charge in [0.1, 0.15) is 11.4 Å². The fraction of sp³-hybridized carbons (Fsp3) is 0.647. The van der Waals surface area contributed by atoms with Gasteiger partial charge in [-0.15, -0.1) is 0 Å². The molecule has 0 saturated carbocycles. The minimum Gasteiger partial charge on any atom is -0.484 e. The van der Waals surface area contributed by atoms with Crippen LogP contribution in [0.15, 0.2) is 18.2 Å². The number of nitrogens with two attached hydrogens (primary N) is 1. The van der Waals surface area contributed by atoms with Crippen LogP contribution < -0.4 is 15.4 Å². The standard InChI is InChI=1S/C17H28N2O/c1-4-5-6-7-8-11-19-13-17(2,3)20-16-10-9-14(18)12-15(16)19/h9-10,12H,4-8,11,13,18H2,1-3H3. The number of rotatable bonds is 6. The van der Waals surface area contributed by atoms with Crippen LogP contribution in [0.1, 0.15) is 52.9 Å². The van der Waals surface area contributed by atoms with Crippen LogP contribution in [-0.2, 0) is 0 Å². The highest BCUT2D eigenvalue weighted by Gasteiger charge is 2.31. The van der Waals surface area contributed by atoms with Gasteiger partial charge in [-0.25, -0.2) is 0 Å². The maximum absolute atomic E-state index is 6.05. The Kier molecular flexibility index (Phi) is 4.79. The van der Waals surface area contributed by atoms with Crippen LogP contribution in [0.5, 0.6) is 5.75 Å². The number of unbranched alkanes of at least 4 members (excludes halogenated alkanes) is 4. The Bertz CT molecular complexity index is 443. The molecule has 0 aromatic heterocycles. The normalized spacial score (nSPS) is 16.6. The number of hydrogen-bond donors (Lipinski definition) is 1. The molecule has 0 radical (unpaired) electrons. The number of benzene rings is 1. The van der Waals surface area contributed by atoms with Crippen molar-refractivity contribution in [3.8, 4) is 5.75 Å². The lowest BCUT2D eigenvalue weighted by Crippen LogP contribution is -2.47. The zero-order chi connectivity index (χ0) is 14.6. The summed E-state index contributed by atoms with van der Waals surface area (Å²) in [4.78, 5) is 2.43. The Morgan fingerprint density at radius 1 is 1.20 bits per heavy atom. The van der Waals surface area contributed by atoms with Crippen LogP contribution in [0.2, 0.25) is 0 Å². The molecule has 1 aromatic rings. The lowest BCUT2D eigenvalue weighted by Gasteiger charge is -2.41. The second-order valence-electron chi connectivity index (χ2n) is 6.42. The van der Waals surface area contributed by atoms with Crippen LogP contribution in [0.4, 0.5) is 11.4 Å². The van der Waals surface area contributed by atoms with Gasteiger partial charge in [0.05, 0.1) is 12.2 Å². The van der Waals surface area contributed by atoms with Gasteiger partial charge >= 0.3 is 0 Å². The molecule has 0 fully saturated rings. The second kappa shape index (κ2) is 6.38. The van der Waals surface area contributed by atoms with E-state index in [9.17, 15) is 0 Å². The van der Waals surface area contributed by atoms with E-state index in [2.05, 4.69) is 25.7 Å². The van der Waals surface area contributed by atoms with Crippen molar-refractivity contribution in [3.63, 3.8) is 0 Å². The monoisotopic (exact) mass is 276 g/mol. The van der Waals surface area contributed by atoms with Crippen molar-refractivity contribution in [1.82, 2.24) is 0 Å². The molecule has 0 amide bonds. The van der Waals surface area contributed by atoms with E-state index in [1.165, 1.54) is 32.1 Å². The van der Waals surface area contributed by atoms with Crippen molar-refractivity contribution < 1.29 is 4.74 Å². The van der Waals surface area contributed by atoms with Gasteiger partial charge < -0.3 is 15.4 Å². The second-order valence-corrected chi connectivity index (χ2v) is 6.42. The van der Waals surface area contributed by atoms with E-state index in [-0.39, 0.29) is 5.60 Å². The topological polar surface area (TPSA) is 38.5 Å². The van der Waals surface area contributed by atoms with Crippen molar-refractivity contribution >= 4 is 11.4 Å². The molecule has 0 saturated heterocycles. The van der Waals surface area contributed by atoms with E-state index >= 15 is 0 Å². The summed E-state index contributed by atoms with van der Waals surface area (Å²) in [6, 6.07) is 5.95. The summed E-state index contributed by atoms with van der Waals surface area (Å²) in [5, 5.41) is 0. The molecule has 1 aliphatic heterocycles. The molecule has 0 spiro atoms. The van der Waals surface area contributed by atoms with Gasteiger partial charge in [0, 0.05) is 12.2 Å². The summed E-state index contributed by atoms with van der Waals surface area (Å²) in [7, 11) is 0. The predicted octanol–water partition coefficient (Wildman–Crippen LogP) is 4.22. The van der Waals surface area contributed by atoms with Crippen molar-refractivity contribution in [2.24, 2.45) is 0 Å². The third-order valence-corrected chi connectivity index (χ3v) is 3.81. The van der Waals surface area contributed by atoms with E-state index in [1.54, 1.807) is 0 Å². The van der Waals surface area contributed by atoms with Gasteiger partial charge in [-0.2, -0.15) is 0 Å². The molecule has 1 heterocycles. The lowest BCUT2D eigenvalue weighted by molar-refractivity contribution is 0.105. The van der Waals surface area contributed by atoms with E-state index in [0.29, 0.717) is 0 Å². The van der Waals surface area contributed by atoms with Crippen molar-refractivity contribution in [1.29, 1.82) is 0 Å². The van der Waals surface area contributed by atoms with Crippen LogP contribution in [0.3, 0.4) is 0 Å². The highest BCUT2D eigenvalue weighted by molar-refractivity contribution is 5.66. The third-order valence-electron chi connectivity index (χ3n) is 3.81. The molecule has 1 aromatic carbocycles. The van der Waals surface area contributed by atoms with E-state index in [4.69, 9.17) is 10.5 Å². The molecule has 3 heteroatoms. The molecular weight excluding hydrogens is 248 g/mol. The van der Waals surface area contributed by atoms with Crippen molar-refractivity contribution in [2.75, 3.05) is 23.7 Å². The van der Waals surface area contributed by atoms with Gasteiger partial charge in [0.15, 0.2) is 0 Å². The maximum atomic E-state index is 6.05. The summed E-state index contributed by atoms with van der Waals surface area (Å²) >= 11 is 0. The average Bonchev–Trinajstić information content (AvgIpc) is 2.38. The molecule has 112 valence electrons. The van der Waals surface area contributed by atoms with Crippen LogP contribution >= 0.6 is 0 Å². The molecule has 3 nitrogen and oxygen atoms in total. The van der Waals surface area contributed by atoms with E-state index < -0.39 is 0 Å². The summed E-state index contributed by atoms with van der Waals surface area (Å²) in [6.07, 6.45) is 6.53. The van der Waals surface area contributed by atoms with Gasteiger partial charge in [-0.05, 0) is 38.5 Å². The zero-order valence-corrected chi connectivity index (χ0v) is 13.1. The van der Waals surface area contributed by atoms with Crippen molar-refractivity contribution in [2.45, 2.75) is 58.5 Å². The van der Waals surface area contributed by atoms with Gasteiger partial charge in [-0.1, -0.05) is 32.6 Å². The first kappa shape index (κ1) is 15.0. The largest absolute Gasteiger partial charge is 0.484 e. The molecule has 0 aliphatic carbocycles. The zero-order valence-electron chi connectivity index (χ0n) is 13.1. The first-order valence-electron chi connectivity index (χ1n) is 7.85. The van der Waals surface area contributed by atoms with Gasteiger partial charge in [-0.3, -0.25) is 0 Å². The first-order chi connectivity index (χ1) is 9.52. The van der Waals surface area contributed by atoms with E-state index in [1.807, 2.05) is 18.2 Å². The number of fused-ring (bicyclic) bond motifs is 1. The fourth-order valence-corrected chi connectivity index (χ4v) is 2.85. The van der Waals surface area contributed by atoms with Crippen LogP contribution in [0, 0.1) is 0 Å². The molecule has 0 unspecified atom stereocenters. The summed E-state index contributed by atoms with van der Waals surface area (Å²) in [6.45, 7) is 8.57. The van der Waals surface area contributed by atoms with Crippen LogP contribution in [-0.4, -0.2) is 18.7 Å². The van der Waals surface area contributed by atoms with Crippen LogP contribution in [0.25, 0.3) is 0 Å². The Morgan fingerprint density at radius 2 is 1.95 bits per heavy atom. The Balaban J connectivity index is 2.02. The minimum atomic E-state index is -0.132. The summed E-state index contributed by atoms with van der Waals surface area (Å²) in [5.41, 5.74) is 7.75. The number of nitrogen functional groups attached to an aromatic ring is 1. The SMILES string of the molecule is CCCCCCCN1CC(C)(C)Oc2ccc(N)cc21. The number of nitrogens with zero attached hydrogens (tertiary/aromatic N) is 1. The summed E-state index contributed by atoms with van der Waals surface area (Å²) in [5.74, 6) is 0.962. The Hall–Kier alpha value is -1.38. The predicted molar refractivity (Wildman–Crippen MR) is 86.5 cm³/mol. The molecule has 20 heavy (non-hydrogen) atoms. The lowest BCUT2D eigenvalue weighted by atomic mass is 10.0. The van der Waals surface area contributed by atoms with Crippen molar-refractivity contribution in [3.05, 3.63) is 18.2 Å². The molecule has 0 bridgehead atoms. The average molecular weight is 276 g/mol. The molecular formula is C17H28N2O. The highest BCUT2D eigenvalue weighted by Crippen LogP contribution is 2.38. The number of anilines is 2. The van der Waals surface area contributed by atoms with E-state index in [0.717, 1.165) is 30.2 Å². The Labute approximate surface area is 123 Å². The van der Waals surface area contributed by atoms with Gasteiger partial charge in [0.2, 0.25) is 0 Å². The minimum absolute atomic E-state index is 0.132. The summed E-state index contributed by atoms with van der Waals surface area (Å²) < 4.78 is 6.05. The first-order valence-corrected chi connectivity index (χ1v) is 7.85. The quantitative estimate of drug-likeness (QED) is 0.624. The highest BCUT2D eigenvalue weighted by atomic mass is 16.5. The fourth-order valence-electron chi connectivity index (χ4n) is 2.85. The Morgan fingerprint density at radius 3 is 2.70 bits per heavy atom. The number of hydrogen-bond acceptors (Lipinski definition) is 3. The maximum Gasteiger partial charge on any atom is 0.143 e.